The van der Waals surface area contributed by atoms with E-state index in [2.05, 4.69) is 62.6 Å². The van der Waals surface area contributed by atoms with E-state index < -0.39 is 0 Å². The topological polar surface area (TPSA) is 15.3 Å². The molecule has 3 heteroatoms. The summed E-state index contributed by atoms with van der Waals surface area (Å²) in [5.41, 5.74) is 2.59. The van der Waals surface area contributed by atoms with E-state index in [0.717, 1.165) is 31.5 Å². The molecule has 16 heavy (non-hydrogen) atoms. The zero-order valence-electron chi connectivity index (χ0n) is 9.32. The molecule has 0 aliphatic carbocycles. The molecule has 0 aromatic heterocycles. The molecule has 0 radical (unpaired) electrons. The van der Waals surface area contributed by atoms with E-state index in [1.165, 1.54) is 11.3 Å². The molecule has 0 unspecified atom stereocenters. The molecule has 0 amide bonds. The van der Waals surface area contributed by atoms with Crippen LogP contribution in [0.25, 0.3) is 6.08 Å². The number of anilines is 1. The lowest BCUT2D eigenvalue weighted by Crippen LogP contribution is -2.43. The maximum atomic E-state index is 3.38. The van der Waals surface area contributed by atoms with E-state index in [1.54, 1.807) is 0 Å². The van der Waals surface area contributed by atoms with Crippen molar-refractivity contribution in [2.45, 2.75) is 0 Å². The number of piperazine rings is 1. The number of halogens is 1. The Hall–Kier alpha value is -0.800. The molecule has 1 aromatic rings. The molecular formula is C13H17BrN2. The van der Waals surface area contributed by atoms with Gasteiger partial charge in [-0.25, -0.2) is 0 Å². The molecular weight excluding hydrogens is 264 g/mol. The van der Waals surface area contributed by atoms with Gasteiger partial charge in [0, 0.05) is 37.2 Å². The lowest BCUT2D eigenvalue weighted by molar-refractivity contribution is 0.589. The monoisotopic (exact) mass is 280 g/mol. The van der Waals surface area contributed by atoms with Crippen molar-refractivity contribution in [1.29, 1.82) is 0 Å². The van der Waals surface area contributed by atoms with Gasteiger partial charge in [-0.15, -0.1) is 0 Å². The van der Waals surface area contributed by atoms with Gasteiger partial charge in [-0.05, 0) is 17.7 Å². The van der Waals surface area contributed by atoms with Crippen LogP contribution in [-0.2, 0) is 0 Å². The van der Waals surface area contributed by atoms with Gasteiger partial charge in [0.2, 0.25) is 0 Å². The fourth-order valence-electron chi connectivity index (χ4n) is 1.90. The summed E-state index contributed by atoms with van der Waals surface area (Å²) in [5.74, 6) is 0. The summed E-state index contributed by atoms with van der Waals surface area (Å²) >= 11 is 3.38. The minimum absolute atomic E-state index is 0.909. The van der Waals surface area contributed by atoms with Crippen LogP contribution < -0.4 is 10.2 Å². The van der Waals surface area contributed by atoms with Crippen LogP contribution in [0.15, 0.2) is 30.3 Å². The van der Waals surface area contributed by atoms with Gasteiger partial charge in [-0.1, -0.05) is 40.2 Å². The van der Waals surface area contributed by atoms with Gasteiger partial charge >= 0.3 is 0 Å². The van der Waals surface area contributed by atoms with Crippen molar-refractivity contribution in [3.05, 3.63) is 35.9 Å². The first-order valence-electron chi connectivity index (χ1n) is 5.68. The van der Waals surface area contributed by atoms with Crippen molar-refractivity contribution in [2.24, 2.45) is 0 Å². The van der Waals surface area contributed by atoms with Gasteiger partial charge in [0.05, 0.1) is 0 Å². The predicted molar refractivity (Wildman–Crippen MR) is 74.4 cm³/mol. The Morgan fingerprint density at radius 2 is 1.88 bits per heavy atom. The van der Waals surface area contributed by atoms with Gasteiger partial charge in [-0.2, -0.15) is 0 Å². The Morgan fingerprint density at radius 3 is 2.50 bits per heavy atom. The van der Waals surface area contributed by atoms with Crippen LogP contribution in [-0.4, -0.2) is 31.5 Å². The molecule has 0 saturated carbocycles. The molecule has 1 saturated heterocycles. The highest BCUT2D eigenvalue weighted by molar-refractivity contribution is 9.09. The lowest BCUT2D eigenvalue weighted by Gasteiger charge is -2.29. The Bertz CT molecular complexity index is 339. The number of rotatable bonds is 3. The maximum Gasteiger partial charge on any atom is 0.0367 e. The number of benzene rings is 1. The summed E-state index contributed by atoms with van der Waals surface area (Å²) in [7, 11) is 0. The first-order chi connectivity index (χ1) is 7.90. The van der Waals surface area contributed by atoms with Crippen LogP contribution in [0.1, 0.15) is 5.56 Å². The fourth-order valence-corrected chi connectivity index (χ4v) is 2.09. The summed E-state index contributed by atoms with van der Waals surface area (Å²) in [6, 6.07) is 8.77. The van der Waals surface area contributed by atoms with Gasteiger partial charge in [0.1, 0.15) is 0 Å². The van der Waals surface area contributed by atoms with Crippen molar-refractivity contribution in [2.75, 3.05) is 36.4 Å². The molecule has 86 valence electrons. The molecule has 0 spiro atoms. The second kappa shape index (κ2) is 6.06. The number of hydrogen-bond acceptors (Lipinski definition) is 2. The molecule has 2 nitrogen and oxygen atoms in total. The largest absolute Gasteiger partial charge is 0.369 e. The molecule has 1 aliphatic heterocycles. The smallest absolute Gasteiger partial charge is 0.0367 e. The number of nitrogens with one attached hydrogen (secondary N) is 1. The first-order valence-corrected chi connectivity index (χ1v) is 6.80. The van der Waals surface area contributed by atoms with Crippen molar-refractivity contribution in [1.82, 2.24) is 5.32 Å². The third-order valence-corrected chi connectivity index (χ3v) is 3.15. The summed E-state index contributed by atoms with van der Waals surface area (Å²) < 4.78 is 0. The third-order valence-electron chi connectivity index (χ3n) is 2.77. The average molecular weight is 281 g/mol. The van der Waals surface area contributed by atoms with Crippen LogP contribution in [0, 0.1) is 0 Å². The molecule has 0 bridgehead atoms. The zero-order valence-corrected chi connectivity index (χ0v) is 10.9. The van der Waals surface area contributed by atoms with Crippen LogP contribution in [0.4, 0.5) is 5.69 Å². The van der Waals surface area contributed by atoms with Crippen LogP contribution in [0.2, 0.25) is 0 Å². The summed E-state index contributed by atoms with van der Waals surface area (Å²) in [5, 5.41) is 4.27. The zero-order chi connectivity index (χ0) is 11.2. The summed E-state index contributed by atoms with van der Waals surface area (Å²) in [6.07, 6.45) is 4.25. The lowest BCUT2D eigenvalue weighted by atomic mass is 10.1. The molecule has 1 heterocycles. The third kappa shape index (κ3) is 3.09. The molecule has 1 fully saturated rings. The van der Waals surface area contributed by atoms with Crippen LogP contribution >= 0.6 is 15.9 Å². The molecule has 2 rings (SSSR count). The SMILES string of the molecule is BrCC=Cc1ccc(N2CCNCC2)cc1. The molecule has 1 aromatic carbocycles. The predicted octanol–water partition coefficient (Wildman–Crippen LogP) is 2.50. The Balaban J connectivity index is 2.03. The van der Waals surface area contributed by atoms with Crippen LogP contribution in [0.5, 0.6) is 0 Å². The Kier molecular flexibility index (Phi) is 4.43. The van der Waals surface area contributed by atoms with Gasteiger partial charge in [-0.3, -0.25) is 0 Å². The molecule has 1 aliphatic rings. The fraction of sp³-hybridized carbons (Fsp3) is 0.385. The highest BCUT2D eigenvalue weighted by atomic mass is 79.9. The normalized spacial score (nSPS) is 16.9. The Morgan fingerprint density at radius 1 is 1.19 bits per heavy atom. The summed E-state index contributed by atoms with van der Waals surface area (Å²) in [6.45, 7) is 4.39. The van der Waals surface area contributed by atoms with E-state index in [0.29, 0.717) is 0 Å². The first kappa shape index (κ1) is 11.7. The van der Waals surface area contributed by atoms with Crippen molar-refractivity contribution >= 4 is 27.7 Å². The maximum absolute atomic E-state index is 3.38. The highest BCUT2D eigenvalue weighted by Crippen LogP contribution is 2.16. The van der Waals surface area contributed by atoms with E-state index in [-0.39, 0.29) is 0 Å². The summed E-state index contributed by atoms with van der Waals surface area (Å²) in [4.78, 5) is 2.43. The van der Waals surface area contributed by atoms with Crippen molar-refractivity contribution in [3.8, 4) is 0 Å². The van der Waals surface area contributed by atoms with Gasteiger partial charge in [0.15, 0.2) is 0 Å². The van der Waals surface area contributed by atoms with E-state index in [1.807, 2.05) is 0 Å². The minimum atomic E-state index is 0.909. The second-order valence-electron chi connectivity index (χ2n) is 3.89. The number of alkyl halides is 1. The van der Waals surface area contributed by atoms with Crippen molar-refractivity contribution in [3.63, 3.8) is 0 Å². The van der Waals surface area contributed by atoms with Gasteiger partial charge < -0.3 is 10.2 Å². The van der Waals surface area contributed by atoms with E-state index >= 15 is 0 Å². The second-order valence-corrected chi connectivity index (χ2v) is 4.53. The highest BCUT2D eigenvalue weighted by Gasteiger charge is 2.09. The number of allylic oxidation sites excluding steroid dienone is 1. The number of hydrogen-bond donors (Lipinski definition) is 1. The number of nitrogens with zero attached hydrogens (tertiary/aromatic N) is 1. The van der Waals surface area contributed by atoms with E-state index in [9.17, 15) is 0 Å². The Labute approximate surface area is 105 Å². The van der Waals surface area contributed by atoms with Crippen LogP contribution in [0.3, 0.4) is 0 Å². The van der Waals surface area contributed by atoms with Crippen molar-refractivity contribution < 1.29 is 0 Å². The molecule has 0 atom stereocenters. The molecule has 1 N–H and O–H groups in total. The van der Waals surface area contributed by atoms with E-state index in [4.69, 9.17) is 0 Å². The van der Waals surface area contributed by atoms with Gasteiger partial charge in [0.25, 0.3) is 0 Å². The quantitative estimate of drug-likeness (QED) is 0.856. The standard InChI is InChI=1S/C13H17BrN2/c14-7-1-2-12-3-5-13(6-4-12)16-10-8-15-9-11-16/h1-6,15H,7-11H2. The minimum Gasteiger partial charge on any atom is -0.369 e. The average Bonchev–Trinajstić information content (AvgIpc) is 2.38.